The van der Waals surface area contributed by atoms with Crippen LogP contribution in [0.1, 0.15) is 52.9 Å². The molecule has 3 aromatic rings. The Kier molecular flexibility index (Phi) is 3.95. The fourth-order valence-electron chi connectivity index (χ4n) is 4.71. The van der Waals surface area contributed by atoms with Gasteiger partial charge in [-0.3, -0.25) is 19.2 Å². The fourth-order valence-corrected chi connectivity index (χ4v) is 4.71. The first-order valence-electron chi connectivity index (χ1n) is 10.3. The van der Waals surface area contributed by atoms with Gasteiger partial charge in [-0.2, -0.15) is 0 Å². The average molecular weight is 436 g/mol. The first-order chi connectivity index (χ1) is 16.0. The van der Waals surface area contributed by atoms with Crippen molar-refractivity contribution in [2.24, 2.45) is 0 Å². The molecule has 0 atom stereocenters. The average Bonchev–Trinajstić information content (AvgIpc) is 2.85. The van der Waals surface area contributed by atoms with E-state index in [9.17, 15) is 23.6 Å². The van der Waals surface area contributed by atoms with Crippen molar-refractivity contribution in [1.82, 2.24) is 0 Å². The normalized spacial score (nSPS) is 17.4. The smallest absolute Gasteiger partial charge is 0.229 e. The van der Waals surface area contributed by atoms with Gasteiger partial charge in [0.15, 0.2) is 23.1 Å². The molecule has 1 heterocycles. The monoisotopic (exact) mass is 436 g/mol. The van der Waals surface area contributed by atoms with Gasteiger partial charge in [0.1, 0.15) is 5.82 Å². The van der Waals surface area contributed by atoms with Crippen LogP contribution in [0.3, 0.4) is 0 Å². The molecule has 2 aliphatic carbocycles. The largest absolute Gasteiger partial charge is 0.448 e. The minimum absolute atomic E-state index is 0.0235. The summed E-state index contributed by atoms with van der Waals surface area (Å²) in [5.74, 6) is -4.13. The van der Waals surface area contributed by atoms with Crippen LogP contribution < -0.4 is 0 Å². The molecule has 33 heavy (non-hydrogen) atoms. The third-order valence-corrected chi connectivity index (χ3v) is 6.21. The summed E-state index contributed by atoms with van der Waals surface area (Å²) in [6, 6.07) is 17.9. The van der Waals surface area contributed by atoms with Crippen molar-refractivity contribution in [3.05, 3.63) is 129 Å². The first kappa shape index (κ1) is 19.3. The van der Waals surface area contributed by atoms with Gasteiger partial charge >= 0.3 is 0 Å². The minimum Gasteiger partial charge on any atom is -0.448 e. The molecule has 158 valence electrons. The Morgan fingerprint density at radius 3 is 1.36 bits per heavy atom. The molecule has 0 bridgehead atoms. The molecule has 0 amide bonds. The maximum Gasteiger partial charge on any atom is 0.229 e. The van der Waals surface area contributed by atoms with Gasteiger partial charge in [0.2, 0.25) is 11.6 Å². The molecule has 3 aromatic carbocycles. The Hall–Kier alpha value is -4.45. The summed E-state index contributed by atoms with van der Waals surface area (Å²) in [4.78, 5) is 53.8. The number of rotatable bonds is 1. The first-order valence-corrected chi connectivity index (χ1v) is 10.3. The molecule has 0 radical (unpaired) electrons. The van der Waals surface area contributed by atoms with Crippen LogP contribution in [0.5, 0.6) is 0 Å². The van der Waals surface area contributed by atoms with E-state index in [0.29, 0.717) is 5.56 Å². The zero-order chi connectivity index (χ0) is 22.9. The fraction of sp³-hybridized carbons (Fsp3) is 0.0370. The van der Waals surface area contributed by atoms with Gasteiger partial charge in [0.05, 0.1) is 11.1 Å². The van der Waals surface area contributed by atoms with E-state index in [1.807, 2.05) is 0 Å². The lowest BCUT2D eigenvalue weighted by molar-refractivity contribution is 0.0822. The van der Waals surface area contributed by atoms with Crippen LogP contribution >= 0.6 is 0 Å². The molecular weight excluding hydrogens is 423 g/mol. The molecule has 0 fully saturated rings. The Bertz CT molecular complexity index is 1420. The van der Waals surface area contributed by atoms with Crippen LogP contribution in [0.2, 0.25) is 0 Å². The molecule has 0 saturated carbocycles. The molecule has 0 unspecified atom stereocenters. The van der Waals surface area contributed by atoms with E-state index >= 15 is 0 Å². The summed E-state index contributed by atoms with van der Waals surface area (Å²) in [5.41, 5.74) is 1.07. The topological polar surface area (TPSA) is 77.5 Å². The van der Waals surface area contributed by atoms with E-state index < -0.39 is 34.9 Å². The van der Waals surface area contributed by atoms with Crippen molar-refractivity contribution in [1.29, 1.82) is 0 Å². The van der Waals surface area contributed by atoms with E-state index in [4.69, 9.17) is 4.74 Å². The molecule has 0 saturated heterocycles. The zero-order valence-electron chi connectivity index (χ0n) is 16.9. The molecule has 0 aromatic heterocycles. The number of fused-ring (bicyclic) bond motifs is 2. The maximum absolute atomic E-state index is 13.7. The molecule has 0 N–H and O–H groups in total. The highest BCUT2D eigenvalue weighted by Gasteiger charge is 2.49. The molecule has 6 heteroatoms. The van der Waals surface area contributed by atoms with Crippen molar-refractivity contribution in [2.75, 3.05) is 0 Å². The summed E-state index contributed by atoms with van der Waals surface area (Å²) < 4.78 is 19.5. The minimum atomic E-state index is -1.06. The number of benzene rings is 3. The van der Waals surface area contributed by atoms with Crippen LogP contribution in [-0.2, 0) is 4.74 Å². The van der Waals surface area contributed by atoms with E-state index in [0.717, 1.165) is 0 Å². The summed E-state index contributed by atoms with van der Waals surface area (Å²) in [6.45, 7) is 0. The SMILES string of the molecule is O=C1C2=C(C(=O)c3ccccc31)C(c1ccc(F)cc1)C1=C(O2)C(=O)c2ccccc2C1=O. The third kappa shape index (κ3) is 2.58. The van der Waals surface area contributed by atoms with E-state index in [1.165, 1.54) is 48.5 Å². The van der Waals surface area contributed by atoms with Gasteiger partial charge in [-0.25, -0.2) is 4.39 Å². The van der Waals surface area contributed by atoms with Crippen molar-refractivity contribution in [3.8, 4) is 0 Å². The van der Waals surface area contributed by atoms with Crippen LogP contribution in [0.15, 0.2) is 95.5 Å². The van der Waals surface area contributed by atoms with Gasteiger partial charge in [0, 0.05) is 28.2 Å². The predicted octanol–water partition coefficient (Wildman–Crippen LogP) is 4.61. The predicted molar refractivity (Wildman–Crippen MR) is 114 cm³/mol. The van der Waals surface area contributed by atoms with Gasteiger partial charge in [-0.15, -0.1) is 0 Å². The second-order valence-corrected chi connectivity index (χ2v) is 7.98. The van der Waals surface area contributed by atoms with Gasteiger partial charge < -0.3 is 4.74 Å². The number of hydrogen-bond donors (Lipinski definition) is 0. The third-order valence-electron chi connectivity index (χ3n) is 6.21. The van der Waals surface area contributed by atoms with E-state index in [1.54, 1.807) is 24.3 Å². The van der Waals surface area contributed by atoms with E-state index in [2.05, 4.69) is 0 Å². The Labute approximate surface area is 186 Å². The summed E-state index contributed by atoms with van der Waals surface area (Å²) in [7, 11) is 0. The Morgan fingerprint density at radius 2 is 0.939 bits per heavy atom. The number of halogens is 1. The Balaban J connectivity index is 1.64. The number of carbonyl (C=O) groups excluding carboxylic acids is 4. The van der Waals surface area contributed by atoms with Gasteiger partial charge in [0.25, 0.3) is 0 Å². The highest BCUT2D eigenvalue weighted by Crippen LogP contribution is 2.48. The van der Waals surface area contributed by atoms with Crippen molar-refractivity contribution < 1.29 is 28.3 Å². The number of carbonyl (C=O) groups is 4. The number of hydrogen-bond acceptors (Lipinski definition) is 5. The molecular formula is C27H13FO5. The lowest BCUT2D eigenvalue weighted by atomic mass is 9.70. The number of ether oxygens (including phenoxy) is 1. The second-order valence-electron chi connectivity index (χ2n) is 7.98. The maximum atomic E-state index is 13.7. The Morgan fingerprint density at radius 1 is 0.545 bits per heavy atom. The van der Waals surface area contributed by atoms with E-state index in [-0.39, 0.29) is 44.9 Å². The second kappa shape index (κ2) is 6.77. The lowest BCUT2D eigenvalue weighted by Gasteiger charge is -2.35. The number of ketones is 4. The molecule has 0 spiro atoms. The summed E-state index contributed by atoms with van der Waals surface area (Å²) in [6.07, 6.45) is 0. The lowest BCUT2D eigenvalue weighted by Crippen LogP contribution is -2.36. The van der Waals surface area contributed by atoms with Crippen molar-refractivity contribution >= 4 is 23.1 Å². The van der Waals surface area contributed by atoms with Crippen LogP contribution in [0.4, 0.5) is 4.39 Å². The quantitative estimate of drug-likeness (QED) is 0.557. The molecule has 1 aliphatic heterocycles. The van der Waals surface area contributed by atoms with Gasteiger partial charge in [-0.05, 0) is 17.7 Å². The standard InChI is InChI=1S/C27H13FO5/c28-14-11-9-13(10-12-14)19-20-22(29)15-5-1-3-7-17(15)24(31)26(20)33-27-21(19)23(30)16-6-2-4-8-18(16)25(27)32/h1-12,19H. The summed E-state index contributed by atoms with van der Waals surface area (Å²) >= 11 is 0. The van der Waals surface area contributed by atoms with Crippen LogP contribution in [0.25, 0.3) is 0 Å². The highest BCUT2D eigenvalue weighted by molar-refractivity contribution is 6.32. The van der Waals surface area contributed by atoms with Gasteiger partial charge in [-0.1, -0.05) is 60.7 Å². The molecule has 6 rings (SSSR count). The molecule has 5 nitrogen and oxygen atoms in total. The highest BCUT2D eigenvalue weighted by atomic mass is 19.1. The number of allylic oxidation sites excluding steroid dienone is 4. The summed E-state index contributed by atoms with van der Waals surface area (Å²) in [5, 5.41) is 0. The molecule has 3 aliphatic rings. The zero-order valence-corrected chi connectivity index (χ0v) is 16.9. The van der Waals surface area contributed by atoms with Crippen molar-refractivity contribution in [2.45, 2.75) is 5.92 Å². The number of Topliss-reactive ketones (excluding diaryl/α,β-unsaturated/α-hetero) is 4. The van der Waals surface area contributed by atoms with Crippen molar-refractivity contribution in [3.63, 3.8) is 0 Å². The van der Waals surface area contributed by atoms with Crippen LogP contribution in [0, 0.1) is 5.82 Å². The van der Waals surface area contributed by atoms with Crippen LogP contribution in [-0.4, -0.2) is 23.1 Å².